The van der Waals surface area contributed by atoms with Gasteiger partial charge in [-0.2, -0.15) is 0 Å². The van der Waals surface area contributed by atoms with Crippen molar-refractivity contribution in [1.29, 1.82) is 0 Å². The molecule has 1 atom stereocenters. The van der Waals surface area contributed by atoms with E-state index in [2.05, 4.69) is 11.9 Å². The van der Waals surface area contributed by atoms with E-state index < -0.39 is 0 Å². The summed E-state index contributed by atoms with van der Waals surface area (Å²) >= 11 is 0. The van der Waals surface area contributed by atoms with Crippen molar-refractivity contribution in [3.63, 3.8) is 0 Å². The van der Waals surface area contributed by atoms with E-state index in [0.29, 0.717) is 11.7 Å². The summed E-state index contributed by atoms with van der Waals surface area (Å²) in [5.74, 6) is 1.51. The maximum Gasteiger partial charge on any atom is 0.201 e. The monoisotopic (exact) mass is 220 g/mol. The van der Waals surface area contributed by atoms with Gasteiger partial charge in [0.2, 0.25) is 5.78 Å². The van der Waals surface area contributed by atoms with Gasteiger partial charge in [-0.05, 0) is 18.8 Å². The van der Waals surface area contributed by atoms with Crippen LogP contribution in [0.25, 0.3) is 0 Å². The Hall–Kier alpha value is -1.12. The third-order valence-electron chi connectivity index (χ3n) is 3.81. The smallest absolute Gasteiger partial charge is 0.201 e. The molecule has 0 spiro atoms. The van der Waals surface area contributed by atoms with E-state index in [1.807, 2.05) is 17.8 Å². The Morgan fingerprint density at radius 1 is 1.44 bits per heavy atom. The molecule has 1 aliphatic carbocycles. The molecule has 0 aliphatic heterocycles. The first kappa shape index (κ1) is 11.4. The molecule has 1 unspecified atom stereocenters. The average molecular weight is 220 g/mol. The summed E-state index contributed by atoms with van der Waals surface area (Å²) in [6.45, 7) is 2.06. The fourth-order valence-electron chi connectivity index (χ4n) is 2.65. The van der Waals surface area contributed by atoms with Crippen LogP contribution in [-0.2, 0) is 7.05 Å². The number of carbonyl (C=O) groups excluding carboxylic acids is 1. The molecule has 0 radical (unpaired) electrons. The number of hydrogen-bond acceptors (Lipinski definition) is 2. The molecule has 0 saturated heterocycles. The SMILES string of the molecule is CC(C(=O)c1nccn1C)C1CCCCC1. The van der Waals surface area contributed by atoms with Gasteiger partial charge in [0.05, 0.1) is 0 Å². The quantitative estimate of drug-likeness (QED) is 0.734. The lowest BCUT2D eigenvalue weighted by Gasteiger charge is -2.26. The molecular formula is C13H20N2O. The lowest BCUT2D eigenvalue weighted by molar-refractivity contribution is 0.0849. The van der Waals surface area contributed by atoms with Gasteiger partial charge in [-0.3, -0.25) is 4.79 Å². The van der Waals surface area contributed by atoms with Crippen LogP contribution in [0.4, 0.5) is 0 Å². The summed E-state index contributed by atoms with van der Waals surface area (Å²) in [7, 11) is 1.88. The van der Waals surface area contributed by atoms with Crippen LogP contribution < -0.4 is 0 Å². The largest absolute Gasteiger partial charge is 0.332 e. The molecule has 1 fully saturated rings. The number of ketones is 1. The summed E-state index contributed by atoms with van der Waals surface area (Å²) in [6.07, 6.45) is 9.84. The van der Waals surface area contributed by atoms with Crippen molar-refractivity contribution in [3.8, 4) is 0 Å². The zero-order valence-electron chi connectivity index (χ0n) is 10.1. The predicted molar refractivity (Wildman–Crippen MR) is 63.3 cm³/mol. The van der Waals surface area contributed by atoms with Gasteiger partial charge in [-0.1, -0.05) is 26.2 Å². The van der Waals surface area contributed by atoms with Gasteiger partial charge >= 0.3 is 0 Å². The number of Topliss-reactive ketones (excluding diaryl/α,β-unsaturated/α-hetero) is 1. The molecule has 0 bridgehead atoms. The first-order valence-electron chi connectivity index (χ1n) is 6.21. The Balaban J connectivity index is 2.06. The number of aryl methyl sites for hydroxylation is 1. The Bertz CT molecular complexity index is 364. The van der Waals surface area contributed by atoms with Crippen molar-refractivity contribution in [2.45, 2.75) is 39.0 Å². The summed E-state index contributed by atoms with van der Waals surface area (Å²) in [5.41, 5.74) is 0. The maximum absolute atomic E-state index is 12.2. The number of rotatable bonds is 3. The molecule has 0 N–H and O–H groups in total. The van der Waals surface area contributed by atoms with Crippen LogP contribution in [0, 0.1) is 11.8 Å². The molecule has 16 heavy (non-hydrogen) atoms. The summed E-state index contributed by atoms with van der Waals surface area (Å²) < 4.78 is 1.82. The fraction of sp³-hybridized carbons (Fsp3) is 0.692. The van der Waals surface area contributed by atoms with E-state index in [4.69, 9.17) is 0 Å². The van der Waals surface area contributed by atoms with Crippen LogP contribution in [0.15, 0.2) is 12.4 Å². The van der Waals surface area contributed by atoms with E-state index in [9.17, 15) is 4.79 Å². The van der Waals surface area contributed by atoms with Crippen LogP contribution in [0.5, 0.6) is 0 Å². The third kappa shape index (κ3) is 2.18. The van der Waals surface area contributed by atoms with Gasteiger partial charge in [-0.25, -0.2) is 4.98 Å². The Kier molecular flexibility index (Phi) is 3.42. The zero-order chi connectivity index (χ0) is 11.5. The normalized spacial score (nSPS) is 19.6. The third-order valence-corrected chi connectivity index (χ3v) is 3.81. The topological polar surface area (TPSA) is 34.9 Å². The lowest BCUT2D eigenvalue weighted by atomic mass is 9.79. The molecule has 88 valence electrons. The van der Waals surface area contributed by atoms with Crippen LogP contribution in [0.1, 0.15) is 49.6 Å². The molecule has 1 saturated carbocycles. The molecule has 0 amide bonds. The molecule has 3 heteroatoms. The van der Waals surface area contributed by atoms with Gasteiger partial charge in [0.15, 0.2) is 5.82 Å². The Morgan fingerprint density at radius 2 is 2.12 bits per heavy atom. The lowest BCUT2D eigenvalue weighted by Crippen LogP contribution is -2.25. The first-order chi connectivity index (χ1) is 7.70. The van der Waals surface area contributed by atoms with E-state index in [0.717, 1.165) is 0 Å². The second-order valence-electron chi connectivity index (χ2n) is 4.91. The second-order valence-corrected chi connectivity index (χ2v) is 4.91. The predicted octanol–water partition coefficient (Wildman–Crippen LogP) is 2.82. The second kappa shape index (κ2) is 4.81. The molecular weight excluding hydrogens is 200 g/mol. The minimum absolute atomic E-state index is 0.126. The molecule has 0 aromatic carbocycles. The summed E-state index contributed by atoms with van der Waals surface area (Å²) in [4.78, 5) is 16.4. The van der Waals surface area contributed by atoms with Crippen molar-refractivity contribution in [3.05, 3.63) is 18.2 Å². The number of hydrogen-bond donors (Lipinski definition) is 0. The number of nitrogens with zero attached hydrogens (tertiary/aromatic N) is 2. The molecule has 1 aromatic heterocycles. The Morgan fingerprint density at radius 3 is 2.69 bits per heavy atom. The van der Waals surface area contributed by atoms with E-state index >= 15 is 0 Å². The first-order valence-corrected chi connectivity index (χ1v) is 6.21. The highest BCUT2D eigenvalue weighted by Gasteiger charge is 2.28. The zero-order valence-corrected chi connectivity index (χ0v) is 10.1. The number of carbonyl (C=O) groups is 1. The summed E-state index contributed by atoms with van der Waals surface area (Å²) in [6, 6.07) is 0. The van der Waals surface area contributed by atoms with Gasteiger partial charge < -0.3 is 4.57 Å². The van der Waals surface area contributed by atoms with E-state index in [1.54, 1.807) is 6.20 Å². The van der Waals surface area contributed by atoms with E-state index in [-0.39, 0.29) is 11.7 Å². The summed E-state index contributed by atoms with van der Waals surface area (Å²) in [5, 5.41) is 0. The fourth-order valence-corrected chi connectivity index (χ4v) is 2.65. The highest BCUT2D eigenvalue weighted by Crippen LogP contribution is 2.31. The van der Waals surface area contributed by atoms with Crippen molar-refractivity contribution >= 4 is 5.78 Å². The van der Waals surface area contributed by atoms with Crippen molar-refractivity contribution in [1.82, 2.24) is 9.55 Å². The standard InChI is InChI=1S/C13H20N2O/c1-10(11-6-4-3-5-7-11)12(16)13-14-8-9-15(13)2/h8-11H,3-7H2,1-2H3. The van der Waals surface area contributed by atoms with E-state index in [1.165, 1.54) is 32.1 Å². The molecule has 1 aromatic rings. The molecule has 1 aliphatic rings. The van der Waals surface area contributed by atoms with Crippen LogP contribution >= 0.6 is 0 Å². The number of imidazole rings is 1. The Labute approximate surface area is 96.9 Å². The average Bonchev–Trinajstić information content (AvgIpc) is 2.75. The highest BCUT2D eigenvalue weighted by molar-refractivity contribution is 5.94. The highest BCUT2D eigenvalue weighted by atomic mass is 16.1. The van der Waals surface area contributed by atoms with Crippen LogP contribution in [0.3, 0.4) is 0 Å². The molecule has 1 heterocycles. The van der Waals surface area contributed by atoms with Crippen molar-refractivity contribution in [2.24, 2.45) is 18.9 Å². The van der Waals surface area contributed by atoms with Gasteiger partial charge in [-0.15, -0.1) is 0 Å². The molecule has 2 rings (SSSR count). The minimum Gasteiger partial charge on any atom is -0.332 e. The molecule has 3 nitrogen and oxygen atoms in total. The maximum atomic E-state index is 12.2. The van der Waals surface area contributed by atoms with Gasteiger partial charge in [0, 0.05) is 25.4 Å². The van der Waals surface area contributed by atoms with Crippen molar-refractivity contribution in [2.75, 3.05) is 0 Å². The van der Waals surface area contributed by atoms with Gasteiger partial charge in [0.25, 0.3) is 0 Å². The minimum atomic E-state index is 0.126. The number of aromatic nitrogens is 2. The van der Waals surface area contributed by atoms with Gasteiger partial charge in [0.1, 0.15) is 0 Å². The van der Waals surface area contributed by atoms with Crippen LogP contribution in [-0.4, -0.2) is 15.3 Å². The van der Waals surface area contributed by atoms with Crippen molar-refractivity contribution < 1.29 is 4.79 Å². The van der Waals surface area contributed by atoms with Crippen LogP contribution in [0.2, 0.25) is 0 Å².